The summed E-state index contributed by atoms with van der Waals surface area (Å²) in [6, 6.07) is 0. The van der Waals surface area contributed by atoms with Crippen molar-refractivity contribution >= 4 is 15.8 Å². The van der Waals surface area contributed by atoms with Crippen LogP contribution in [0.3, 0.4) is 0 Å². The van der Waals surface area contributed by atoms with E-state index in [0.717, 1.165) is 6.26 Å². The largest absolute Gasteiger partial charge is 0.354 e. The molecule has 0 unspecified atom stereocenters. The van der Waals surface area contributed by atoms with Gasteiger partial charge in [0.15, 0.2) is 0 Å². The maximum Gasteiger partial charge on any atom is 0.257 e. The van der Waals surface area contributed by atoms with Crippen molar-refractivity contribution in [2.75, 3.05) is 37.3 Å². The zero-order valence-electron chi connectivity index (χ0n) is 12.2. The van der Waals surface area contributed by atoms with Gasteiger partial charge < -0.3 is 4.90 Å². The molecule has 3 rings (SSSR count). The third-order valence-corrected chi connectivity index (χ3v) is 5.88. The normalized spacial score (nSPS) is 29.1. The maximum atomic E-state index is 14.5. The summed E-state index contributed by atoms with van der Waals surface area (Å²) in [5, 5.41) is 0. The summed E-state index contributed by atoms with van der Waals surface area (Å²) in [6.07, 6.45) is 5.45. The van der Waals surface area contributed by atoms with Gasteiger partial charge in [-0.2, -0.15) is 0 Å². The van der Waals surface area contributed by atoms with Crippen LogP contribution in [0.2, 0.25) is 0 Å². The van der Waals surface area contributed by atoms with Gasteiger partial charge in [-0.05, 0) is 6.42 Å². The Morgan fingerprint density at radius 3 is 2.59 bits per heavy atom. The van der Waals surface area contributed by atoms with E-state index in [1.54, 1.807) is 4.90 Å². The van der Waals surface area contributed by atoms with Gasteiger partial charge in [-0.15, -0.1) is 0 Å². The van der Waals surface area contributed by atoms with Gasteiger partial charge in [0.25, 0.3) is 5.92 Å². The summed E-state index contributed by atoms with van der Waals surface area (Å²) >= 11 is 0. The van der Waals surface area contributed by atoms with Crippen LogP contribution in [-0.4, -0.2) is 61.0 Å². The Morgan fingerprint density at radius 2 is 1.95 bits per heavy atom. The minimum absolute atomic E-state index is 0.0880. The van der Waals surface area contributed by atoms with E-state index < -0.39 is 27.8 Å². The smallest absolute Gasteiger partial charge is 0.257 e. The summed E-state index contributed by atoms with van der Waals surface area (Å²) in [5.41, 5.74) is -1.36. The molecule has 0 saturated carbocycles. The second kappa shape index (κ2) is 5.09. The second-order valence-electron chi connectivity index (χ2n) is 6.07. The van der Waals surface area contributed by atoms with Gasteiger partial charge in [-0.3, -0.25) is 4.98 Å². The fourth-order valence-corrected chi connectivity index (χ4v) is 4.20. The zero-order valence-corrected chi connectivity index (χ0v) is 13.1. The topological polar surface area (TPSA) is 66.4 Å². The molecule has 0 radical (unpaired) electrons. The summed E-state index contributed by atoms with van der Waals surface area (Å²) in [5.74, 6) is -2.34. The number of sulfonamides is 1. The number of nitrogens with zero attached hydrogens (tertiary/aromatic N) is 4. The minimum Gasteiger partial charge on any atom is -0.354 e. The standard InChI is InChI=1S/C13H18F2N4O2S/c1-22(20,21)19-7-3-13(14,15)12(10-19)2-6-18(9-12)11-8-16-4-5-17-11/h4-5,8H,2-3,6-7,9-10H2,1H3/t12-/m1/s1. The molecule has 1 aromatic heterocycles. The van der Waals surface area contributed by atoms with Gasteiger partial charge in [-0.25, -0.2) is 26.5 Å². The molecule has 0 N–H and O–H groups in total. The van der Waals surface area contributed by atoms with Crippen LogP contribution in [-0.2, 0) is 10.0 Å². The van der Waals surface area contributed by atoms with Crippen LogP contribution < -0.4 is 4.90 Å². The number of aromatic nitrogens is 2. The predicted molar refractivity (Wildman–Crippen MR) is 77.3 cm³/mol. The third kappa shape index (κ3) is 2.56. The van der Waals surface area contributed by atoms with Gasteiger partial charge in [0.1, 0.15) is 5.82 Å². The average molecular weight is 332 g/mol. The molecular weight excluding hydrogens is 314 g/mol. The van der Waals surface area contributed by atoms with Crippen LogP contribution in [0.25, 0.3) is 0 Å². The van der Waals surface area contributed by atoms with Crippen molar-refractivity contribution in [3.05, 3.63) is 18.6 Å². The molecule has 2 aliphatic rings. The molecule has 1 aromatic rings. The van der Waals surface area contributed by atoms with Crippen molar-refractivity contribution < 1.29 is 17.2 Å². The molecule has 2 fully saturated rings. The fraction of sp³-hybridized carbons (Fsp3) is 0.692. The van der Waals surface area contributed by atoms with Crippen molar-refractivity contribution in [3.63, 3.8) is 0 Å². The number of anilines is 1. The van der Waals surface area contributed by atoms with Crippen LogP contribution in [0.5, 0.6) is 0 Å². The first kappa shape index (κ1) is 15.5. The highest BCUT2D eigenvalue weighted by Crippen LogP contribution is 2.50. The Morgan fingerprint density at radius 1 is 1.18 bits per heavy atom. The minimum atomic E-state index is -3.47. The number of piperidine rings is 1. The first-order chi connectivity index (χ1) is 10.2. The van der Waals surface area contributed by atoms with E-state index in [1.807, 2.05) is 0 Å². The number of hydrogen-bond acceptors (Lipinski definition) is 5. The third-order valence-electron chi connectivity index (χ3n) is 4.63. The summed E-state index contributed by atoms with van der Waals surface area (Å²) in [7, 11) is -3.47. The van der Waals surface area contributed by atoms with Crippen LogP contribution in [0, 0.1) is 5.41 Å². The van der Waals surface area contributed by atoms with Crippen LogP contribution in [0.15, 0.2) is 18.6 Å². The summed E-state index contributed by atoms with van der Waals surface area (Å²) in [4.78, 5) is 9.85. The lowest BCUT2D eigenvalue weighted by Gasteiger charge is -2.44. The van der Waals surface area contributed by atoms with E-state index in [-0.39, 0.29) is 26.1 Å². The van der Waals surface area contributed by atoms with E-state index in [4.69, 9.17) is 0 Å². The molecule has 1 atom stereocenters. The van der Waals surface area contributed by atoms with E-state index in [1.165, 1.54) is 22.9 Å². The Kier molecular flexibility index (Phi) is 3.59. The molecule has 122 valence electrons. The number of hydrogen-bond donors (Lipinski definition) is 0. The number of alkyl halides is 2. The van der Waals surface area contributed by atoms with E-state index in [0.29, 0.717) is 12.4 Å². The van der Waals surface area contributed by atoms with Gasteiger partial charge in [0.05, 0.1) is 17.9 Å². The van der Waals surface area contributed by atoms with Gasteiger partial charge in [0.2, 0.25) is 10.0 Å². The average Bonchev–Trinajstić information content (AvgIpc) is 2.88. The zero-order chi connectivity index (χ0) is 16.0. The molecule has 1 spiro atoms. The predicted octanol–water partition coefficient (Wildman–Crippen LogP) is 0.974. The molecule has 2 aliphatic heterocycles. The molecule has 6 nitrogen and oxygen atoms in total. The van der Waals surface area contributed by atoms with E-state index >= 15 is 0 Å². The molecule has 9 heteroatoms. The van der Waals surface area contributed by atoms with Crippen molar-refractivity contribution in [2.45, 2.75) is 18.8 Å². The first-order valence-electron chi connectivity index (χ1n) is 7.08. The molecule has 2 saturated heterocycles. The van der Waals surface area contributed by atoms with Crippen LogP contribution in [0.1, 0.15) is 12.8 Å². The molecule has 0 aromatic carbocycles. The number of rotatable bonds is 2. The maximum absolute atomic E-state index is 14.5. The highest BCUT2D eigenvalue weighted by molar-refractivity contribution is 7.88. The summed E-state index contributed by atoms with van der Waals surface area (Å²) < 4.78 is 53.7. The molecule has 0 bridgehead atoms. The van der Waals surface area contributed by atoms with Crippen LogP contribution >= 0.6 is 0 Å². The second-order valence-corrected chi connectivity index (χ2v) is 8.05. The molecular formula is C13H18F2N4O2S. The highest BCUT2D eigenvalue weighted by atomic mass is 32.2. The lowest BCUT2D eigenvalue weighted by molar-refractivity contribution is -0.145. The molecule has 3 heterocycles. The Balaban J connectivity index is 1.87. The van der Waals surface area contributed by atoms with Crippen molar-refractivity contribution in [1.82, 2.24) is 14.3 Å². The first-order valence-corrected chi connectivity index (χ1v) is 8.92. The van der Waals surface area contributed by atoms with Gasteiger partial charge in [-0.1, -0.05) is 0 Å². The van der Waals surface area contributed by atoms with Crippen molar-refractivity contribution in [1.29, 1.82) is 0 Å². The summed E-state index contributed by atoms with van der Waals surface area (Å²) in [6.45, 7) is 0.241. The molecule has 0 aliphatic carbocycles. The highest BCUT2D eigenvalue weighted by Gasteiger charge is 2.60. The quantitative estimate of drug-likeness (QED) is 0.807. The lowest BCUT2D eigenvalue weighted by Crippen LogP contribution is -2.58. The SMILES string of the molecule is CS(=O)(=O)N1CCC(F)(F)[C@@]2(CCN(c3cnccn3)C2)C1. The van der Waals surface area contributed by atoms with Gasteiger partial charge in [0, 0.05) is 45.0 Å². The van der Waals surface area contributed by atoms with E-state index in [2.05, 4.69) is 9.97 Å². The fourth-order valence-electron chi connectivity index (χ4n) is 3.30. The number of halogens is 2. The Bertz CT molecular complexity index is 655. The molecule has 0 amide bonds. The van der Waals surface area contributed by atoms with Gasteiger partial charge >= 0.3 is 0 Å². The van der Waals surface area contributed by atoms with E-state index in [9.17, 15) is 17.2 Å². The van der Waals surface area contributed by atoms with Crippen molar-refractivity contribution in [2.24, 2.45) is 5.41 Å². The monoisotopic (exact) mass is 332 g/mol. The van der Waals surface area contributed by atoms with Crippen molar-refractivity contribution in [3.8, 4) is 0 Å². The van der Waals surface area contributed by atoms with Crippen LogP contribution in [0.4, 0.5) is 14.6 Å². The molecule has 22 heavy (non-hydrogen) atoms. The Hall–Kier alpha value is -1.35. The Labute approximate surface area is 128 Å². The lowest BCUT2D eigenvalue weighted by atomic mass is 9.76.